The molecule has 0 fully saturated rings. The zero-order valence-electron chi connectivity index (χ0n) is 14.5. The van der Waals surface area contributed by atoms with Crippen molar-refractivity contribution in [2.75, 3.05) is 24.0 Å². The smallest absolute Gasteiger partial charge is 0.230 e. The summed E-state index contributed by atoms with van der Waals surface area (Å²) in [5.41, 5.74) is 0.315. The summed E-state index contributed by atoms with van der Waals surface area (Å²) in [6.45, 7) is 4.94. The van der Waals surface area contributed by atoms with Gasteiger partial charge in [0.25, 0.3) is 0 Å². The van der Waals surface area contributed by atoms with Crippen molar-refractivity contribution in [3.05, 3.63) is 12.1 Å². The summed E-state index contributed by atoms with van der Waals surface area (Å²) in [4.78, 5) is 48.9. The average molecular weight is 336 g/mol. The lowest BCUT2D eigenvalue weighted by Crippen LogP contribution is -2.35. The van der Waals surface area contributed by atoms with Crippen LogP contribution in [0.5, 0.6) is 11.5 Å². The Morgan fingerprint density at radius 2 is 0.917 bits per heavy atom. The Bertz CT molecular complexity index is 610. The van der Waals surface area contributed by atoms with Crippen molar-refractivity contribution in [1.82, 2.24) is 0 Å². The predicted molar refractivity (Wildman–Crippen MR) is 87.2 cm³/mol. The minimum absolute atomic E-state index is 0.142. The van der Waals surface area contributed by atoms with E-state index in [-0.39, 0.29) is 22.9 Å². The van der Waals surface area contributed by atoms with E-state index in [9.17, 15) is 19.2 Å². The Hall–Kier alpha value is -2.90. The maximum Gasteiger partial charge on any atom is 0.230 e. The van der Waals surface area contributed by atoms with Crippen LogP contribution in [0.2, 0.25) is 0 Å². The van der Waals surface area contributed by atoms with E-state index < -0.39 is 23.6 Å². The molecule has 0 spiro atoms. The third-order valence-corrected chi connectivity index (χ3v) is 3.22. The second kappa shape index (κ2) is 7.58. The second-order valence-electron chi connectivity index (χ2n) is 4.94. The fourth-order valence-electron chi connectivity index (χ4n) is 2.34. The van der Waals surface area contributed by atoms with Crippen LogP contribution in [0.3, 0.4) is 0 Å². The van der Waals surface area contributed by atoms with Gasteiger partial charge < -0.3 is 9.47 Å². The highest BCUT2D eigenvalue weighted by atomic mass is 16.5. The van der Waals surface area contributed by atoms with E-state index >= 15 is 0 Å². The molecule has 0 atom stereocenters. The number of anilines is 2. The van der Waals surface area contributed by atoms with E-state index in [2.05, 4.69) is 0 Å². The summed E-state index contributed by atoms with van der Waals surface area (Å²) in [6, 6.07) is 2.74. The van der Waals surface area contributed by atoms with Gasteiger partial charge in [0.2, 0.25) is 23.6 Å². The first-order chi connectivity index (χ1) is 11.1. The molecule has 0 aromatic heterocycles. The lowest BCUT2D eigenvalue weighted by atomic mass is 10.2. The summed E-state index contributed by atoms with van der Waals surface area (Å²) < 4.78 is 10.5. The number of carbonyl (C=O) groups is 4. The van der Waals surface area contributed by atoms with Gasteiger partial charge in [-0.15, -0.1) is 0 Å². The lowest BCUT2D eigenvalue weighted by molar-refractivity contribution is -0.126. The van der Waals surface area contributed by atoms with Crippen molar-refractivity contribution in [2.24, 2.45) is 0 Å². The molecule has 0 bridgehead atoms. The molecule has 1 aromatic rings. The molecule has 4 amide bonds. The zero-order chi connectivity index (χ0) is 18.6. The first kappa shape index (κ1) is 19.1. The Labute approximate surface area is 139 Å². The molecule has 0 N–H and O–H groups in total. The van der Waals surface area contributed by atoms with Gasteiger partial charge in [-0.1, -0.05) is 0 Å². The van der Waals surface area contributed by atoms with Gasteiger partial charge in [-0.25, -0.2) is 9.80 Å². The second-order valence-corrected chi connectivity index (χ2v) is 4.94. The molecule has 1 rings (SSSR count). The molecule has 130 valence electrons. The number of nitrogens with zero attached hydrogens (tertiary/aromatic N) is 2. The zero-order valence-corrected chi connectivity index (χ0v) is 14.5. The molecule has 0 aliphatic carbocycles. The van der Waals surface area contributed by atoms with Crippen LogP contribution in [-0.2, 0) is 19.2 Å². The molecule has 24 heavy (non-hydrogen) atoms. The molecule has 0 radical (unpaired) electrons. The number of imide groups is 2. The predicted octanol–water partition coefficient (Wildman–Crippen LogP) is 1.50. The summed E-state index contributed by atoms with van der Waals surface area (Å²) in [5, 5.41) is 0. The van der Waals surface area contributed by atoms with Crippen molar-refractivity contribution < 1.29 is 28.7 Å². The molecule has 0 heterocycles. The molecule has 0 saturated heterocycles. The number of rotatable bonds is 4. The Balaban J connectivity index is 3.69. The van der Waals surface area contributed by atoms with Crippen LogP contribution in [0.4, 0.5) is 11.4 Å². The molecule has 0 aliphatic heterocycles. The molecule has 1 aromatic carbocycles. The fraction of sp³-hybridized carbons (Fsp3) is 0.375. The summed E-state index contributed by atoms with van der Waals surface area (Å²) in [6.07, 6.45) is 0. The topological polar surface area (TPSA) is 93.2 Å². The number of carbonyl (C=O) groups excluding carboxylic acids is 4. The molecule has 8 nitrogen and oxygen atoms in total. The number of hydrogen-bond acceptors (Lipinski definition) is 6. The number of hydrogen-bond donors (Lipinski definition) is 0. The SMILES string of the molecule is COc1cc(N(C(C)=O)C(C)=O)c(OC)cc1N(C(C)=O)C(C)=O. The highest BCUT2D eigenvalue weighted by Crippen LogP contribution is 2.40. The molecular formula is C16H20N2O6. The van der Waals surface area contributed by atoms with Crippen LogP contribution in [0.1, 0.15) is 27.7 Å². The Morgan fingerprint density at radius 1 is 0.667 bits per heavy atom. The van der Waals surface area contributed by atoms with Crippen LogP contribution in [0, 0.1) is 0 Å². The highest BCUT2D eigenvalue weighted by molar-refractivity contribution is 6.16. The first-order valence-electron chi connectivity index (χ1n) is 7.04. The summed E-state index contributed by atoms with van der Waals surface area (Å²) in [5.74, 6) is -1.75. The molecule has 0 aliphatic rings. The van der Waals surface area contributed by atoms with Crippen LogP contribution in [0.25, 0.3) is 0 Å². The van der Waals surface area contributed by atoms with E-state index in [0.717, 1.165) is 9.80 Å². The maximum absolute atomic E-state index is 11.8. The van der Waals surface area contributed by atoms with Gasteiger partial charge >= 0.3 is 0 Å². The van der Waals surface area contributed by atoms with Gasteiger partial charge in [0, 0.05) is 39.8 Å². The van der Waals surface area contributed by atoms with Crippen molar-refractivity contribution in [1.29, 1.82) is 0 Å². The van der Waals surface area contributed by atoms with Crippen LogP contribution >= 0.6 is 0 Å². The molecule has 0 saturated carbocycles. The summed E-state index contributed by atoms with van der Waals surface area (Å²) in [7, 11) is 2.69. The fourth-order valence-corrected chi connectivity index (χ4v) is 2.34. The van der Waals surface area contributed by atoms with E-state index in [1.54, 1.807) is 0 Å². The van der Waals surface area contributed by atoms with Gasteiger partial charge in [-0.2, -0.15) is 0 Å². The largest absolute Gasteiger partial charge is 0.494 e. The van der Waals surface area contributed by atoms with E-state index in [4.69, 9.17) is 9.47 Å². The van der Waals surface area contributed by atoms with E-state index in [1.807, 2.05) is 0 Å². The van der Waals surface area contributed by atoms with Crippen LogP contribution in [0.15, 0.2) is 12.1 Å². The third-order valence-electron chi connectivity index (χ3n) is 3.22. The standard InChI is InChI=1S/C16H20N2O6/c1-9(19)17(10(2)20)13-7-16(24-6)14(8-15(13)23-5)18(11(3)21)12(4)22/h7-8H,1-6H3. The van der Waals surface area contributed by atoms with Gasteiger partial charge in [0.1, 0.15) is 11.5 Å². The van der Waals surface area contributed by atoms with E-state index in [0.29, 0.717) is 0 Å². The molecule has 8 heteroatoms. The van der Waals surface area contributed by atoms with Crippen molar-refractivity contribution in [2.45, 2.75) is 27.7 Å². The Kier molecular flexibility index (Phi) is 6.05. The van der Waals surface area contributed by atoms with Crippen LogP contribution in [-0.4, -0.2) is 37.8 Å². The highest BCUT2D eigenvalue weighted by Gasteiger charge is 2.27. The normalized spacial score (nSPS) is 9.92. The molecule has 0 unspecified atom stereocenters. The van der Waals surface area contributed by atoms with Gasteiger partial charge in [-0.05, 0) is 0 Å². The quantitative estimate of drug-likeness (QED) is 0.827. The Morgan fingerprint density at radius 3 is 1.08 bits per heavy atom. The first-order valence-corrected chi connectivity index (χ1v) is 7.04. The van der Waals surface area contributed by atoms with Crippen molar-refractivity contribution in [3.63, 3.8) is 0 Å². The van der Waals surface area contributed by atoms with Gasteiger partial charge in [0.15, 0.2) is 0 Å². The van der Waals surface area contributed by atoms with E-state index in [1.165, 1.54) is 54.0 Å². The van der Waals surface area contributed by atoms with Crippen molar-refractivity contribution in [3.8, 4) is 11.5 Å². The summed E-state index contributed by atoms with van der Waals surface area (Å²) >= 11 is 0. The van der Waals surface area contributed by atoms with Crippen LogP contribution < -0.4 is 19.3 Å². The van der Waals surface area contributed by atoms with Gasteiger partial charge in [0.05, 0.1) is 25.6 Å². The number of methoxy groups -OCH3 is 2. The number of ether oxygens (including phenoxy) is 2. The number of benzene rings is 1. The number of amides is 4. The molecular weight excluding hydrogens is 316 g/mol. The monoisotopic (exact) mass is 336 g/mol. The van der Waals surface area contributed by atoms with Crippen molar-refractivity contribution >= 4 is 35.0 Å². The average Bonchev–Trinajstić information content (AvgIpc) is 2.46. The van der Waals surface area contributed by atoms with Gasteiger partial charge in [-0.3, -0.25) is 19.2 Å². The minimum Gasteiger partial charge on any atom is -0.494 e. The minimum atomic E-state index is -0.509. The maximum atomic E-state index is 11.8. The third kappa shape index (κ3) is 3.70. The lowest BCUT2D eigenvalue weighted by Gasteiger charge is -2.25.